The molecule has 1 aromatic carbocycles. The van der Waals surface area contributed by atoms with Crippen molar-refractivity contribution >= 4 is 21.9 Å². The molecule has 1 heterocycles. The third kappa shape index (κ3) is 4.88. The lowest BCUT2D eigenvalue weighted by molar-refractivity contribution is -0.117. The number of nitrogens with zero attached hydrogens (tertiary/aromatic N) is 2. The predicted molar refractivity (Wildman–Crippen MR) is 89.5 cm³/mol. The minimum atomic E-state index is -3.77. The maximum atomic E-state index is 12.5. The molecule has 0 saturated carbocycles. The zero-order chi connectivity index (χ0) is 17.7. The second kappa shape index (κ2) is 7.56. The Balaban J connectivity index is 2.19. The average molecular weight is 352 g/mol. The average Bonchev–Trinajstić information content (AvgIpc) is 2.92. The van der Waals surface area contributed by atoms with E-state index in [1.807, 2.05) is 30.3 Å². The molecule has 0 spiro atoms. The zero-order valence-electron chi connectivity index (χ0n) is 13.7. The Hall–Kier alpha value is -2.23. The van der Waals surface area contributed by atoms with Crippen LogP contribution in [0.4, 0.5) is 5.82 Å². The molecular weight excluding hydrogens is 332 g/mol. The van der Waals surface area contributed by atoms with Crippen molar-refractivity contribution in [2.45, 2.75) is 19.4 Å². The summed E-state index contributed by atoms with van der Waals surface area (Å²) >= 11 is 0. The number of amides is 1. The Kier molecular flexibility index (Phi) is 5.71. The van der Waals surface area contributed by atoms with Crippen LogP contribution in [0.1, 0.15) is 11.3 Å². The number of nitrogens with one attached hydrogen (secondary N) is 2. The van der Waals surface area contributed by atoms with Gasteiger partial charge >= 0.3 is 0 Å². The van der Waals surface area contributed by atoms with Gasteiger partial charge in [-0.3, -0.25) is 4.79 Å². The van der Waals surface area contributed by atoms with Crippen LogP contribution >= 0.6 is 0 Å². The van der Waals surface area contributed by atoms with Gasteiger partial charge < -0.3 is 9.84 Å². The van der Waals surface area contributed by atoms with Gasteiger partial charge in [-0.2, -0.15) is 17.4 Å². The van der Waals surface area contributed by atoms with Gasteiger partial charge in [-0.05, 0) is 18.9 Å². The molecule has 2 aromatic rings. The summed E-state index contributed by atoms with van der Waals surface area (Å²) in [5, 5.41) is 6.24. The molecule has 8 nitrogen and oxygen atoms in total. The van der Waals surface area contributed by atoms with E-state index < -0.39 is 22.2 Å². The molecule has 0 aliphatic heterocycles. The molecule has 0 unspecified atom stereocenters. The molecular formula is C15H20N4O4S. The van der Waals surface area contributed by atoms with Gasteiger partial charge in [0.1, 0.15) is 11.8 Å². The molecule has 2 rings (SSSR count). The third-order valence-corrected chi connectivity index (χ3v) is 4.79. The third-order valence-electron chi connectivity index (χ3n) is 3.25. The minimum absolute atomic E-state index is 0.205. The number of benzene rings is 1. The van der Waals surface area contributed by atoms with Crippen molar-refractivity contribution in [1.29, 1.82) is 0 Å². The summed E-state index contributed by atoms with van der Waals surface area (Å²) in [6.45, 7) is 1.69. The number of carbonyl (C=O) groups excluding carboxylic acids is 1. The summed E-state index contributed by atoms with van der Waals surface area (Å²) in [5.41, 5.74) is 0.829. The van der Waals surface area contributed by atoms with Gasteiger partial charge in [0.05, 0.1) is 0 Å². The largest absolute Gasteiger partial charge is 0.360 e. The maximum Gasteiger partial charge on any atom is 0.279 e. The van der Waals surface area contributed by atoms with Gasteiger partial charge in [-0.1, -0.05) is 35.5 Å². The van der Waals surface area contributed by atoms with E-state index in [2.05, 4.69) is 15.2 Å². The van der Waals surface area contributed by atoms with Crippen molar-refractivity contribution in [2.75, 3.05) is 19.4 Å². The Morgan fingerprint density at radius 1 is 1.29 bits per heavy atom. The Labute approximate surface area is 141 Å². The van der Waals surface area contributed by atoms with Crippen LogP contribution in [0.3, 0.4) is 0 Å². The molecule has 130 valence electrons. The number of anilines is 1. The van der Waals surface area contributed by atoms with Crippen LogP contribution in [0.25, 0.3) is 0 Å². The van der Waals surface area contributed by atoms with Gasteiger partial charge in [0.15, 0.2) is 5.82 Å². The quantitative estimate of drug-likeness (QED) is 0.771. The van der Waals surface area contributed by atoms with Crippen LogP contribution in [-0.4, -0.2) is 43.9 Å². The highest BCUT2D eigenvalue weighted by molar-refractivity contribution is 7.87. The van der Waals surface area contributed by atoms with Crippen molar-refractivity contribution in [1.82, 2.24) is 14.2 Å². The normalized spacial score (nSPS) is 13.0. The lowest BCUT2D eigenvalue weighted by atomic mass is 10.1. The highest BCUT2D eigenvalue weighted by Crippen LogP contribution is 2.10. The summed E-state index contributed by atoms with van der Waals surface area (Å²) in [6, 6.07) is 9.71. The maximum absolute atomic E-state index is 12.5. The van der Waals surface area contributed by atoms with Gasteiger partial charge in [0, 0.05) is 20.2 Å². The molecule has 0 aliphatic carbocycles. The molecule has 0 bridgehead atoms. The topological polar surface area (TPSA) is 105 Å². The molecule has 24 heavy (non-hydrogen) atoms. The predicted octanol–water partition coefficient (Wildman–Crippen LogP) is 0.929. The van der Waals surface area contributed by atoms with Gasteiger partial charge in [0.2, 0.25) is 5.91 Å². The van der Waals surface area contributed by atoms with Crippen molar-refractivity contribution < 1.29 is 17.7 Å². The number of aryl methyl sites for hydroxylation is 1. The molecule has 9 heteroatoms. The Bertz CT molecular complexity index is 787. The fourth-order valence-electron chi connectivity index (χ4n) is 1.96. The lowest BCUT2D eigenvalue weighted by Crippen LogP contribution is -2.49. The highest BCUT2D eigenvalue weighted by Gasteiger charge is 2.26. The number of aromatic nitrogens is 1. The summed E-state index contributed by atoms with van der Waals surface area (Å²) in [7, 11) is -0.992. The van der Waals surface area contributed by atoms with Crippen LogP contribution in [0.2, 0.25) is 0 Å². The van der Waals surface area contributed by atoms with Gasteiger partial charge in [-0.15, -0.1) is 0 Å². The molecule has 1 amide bonds. The van der Waals surface area contributed by atoms with Crippen molar-refractivity contribution in [3.63, 3.8) is 0 Å². The first-order valence-corrected chi connectivity index (χ1v) is 8.70. The first-order chi connectivity index (χ1) is 11.3. The fourth-order valence-corrected chi connectivity index (χ4v) is 2.72. The SMILES string of the molecule is Cc1cc(NC(=O)[C@H](Cc2ccccc2)NS(=O)(=O)N(C)C)no1. The molecule has 1 atom stereocenters. The van der Waals surface area contributed by atoms with Crippen LogP contribution in [0.5, 0.6) is 0 Å². The first kappa shape index (κ1) is 18.1. The number of hydrogen-bond acceptors (Lipinski definition) is 5. The van der Waals surface area contributed by atoms with E-state index in [1.54, 1.807) is 13.0 Å². The van der Waals surface area contributed by atoms with E-state index in [0.29, 0.717) is 5.76 Å². The van der Waals surface area contributed by atoms with Crippen molar-refractivity contribution in [3.8, 4) is 0 Å². The molecule has 0 saturated heterocycles. The fraction of sp³-hybridized carbons (Fsp3) is 0.333. The lowest BCUT2D eigenvalue weighted by Gasteiger charge is -2.20. The summed E-state index contributed by atoms with van der Waals surface area (Å²) in [5.74, 6) is 0.260. The van der Waals surface area contributed by atoms with E-state index in [0.717, 1.165) is 9.87 Å². The van der Waals surface area contributed by atoms with E-state index in [4.69, 9.17) is 4.52 Å². The smallest absolute Gasteiger partial charge is 0.279 e. The molecule has 0 fully saturated rings. The van der Waals surface area contributed by atoms with Crippen LogP contribution in [0, 0.1) is 6.92 Å². The molecule has 1 aromatic heterocycles. The van der Waals surface area contributed by atoms with E-state index in [1.165, 1.54) is 14.1 Å². The summed E-state index contributed by atoms with van der Waals surface area (Å²) in [4.78, 5) is 12.5. The van der Waals surface area contributed by atoms with E-state index in [-0.39, 0.29) is 12.2 Å². The summed E-state index contributed by atoms with van der Waals surface area (Å²) in [6.07, 6.45) is 0.205. The number of hydrogen-bond donors (Lipinski definition) is 2. The van der Waals surface area contributed by atoms with E-state index in [9.17, 15) is 13.2 Å². The monoisotopic (exact) mass is 352 g/mol. The van der Waals surface area contributed by atoms with Crippen molar-refractivity contribution in [3.05, 3.63) is 47.7 Å². The van der Waals surface area contributed by atoms with Crippen LogP contribution < -0.4 is 10.0 Å². The zero-order valence-corrected chi connectivity index (χ0v) is 14.5. The minimum Gasteiger partial charge on any atom is -0.360 e. The molecule has 2 N–H and O–H groups in total. The first-order valence-electron chi connectivity index (χ1n) is 7.26. The van der Waals surface area contributed by atoms with Crippen LogP contribution in [0.15, 0.2) is 40.9 Å². The van der Waals surface area contributed by atoms with Crippen LogP contribution in [-0.2, 0) is 21.4 Å². The number of carbonyl (C=O) groups is 1. The Morgan fingerprint density at radius 3 is 2.50 bits per heavy atom. The molecule has 0 aliphatic rings. The number of rotatable bonds is 7. The van der Waals surface area contributed by atoms with Crippen molar-refractivity contribution in [2.24, 2.45) is 0 Å². The van der Waals surface area contributed by atoms with Gasteiger partial charge in [-0.25, -0.2) is 0 Å². The Morgan fingerprint density at radius 2 is 1.96 bits per heavy atom. The highest BCUT2D eigenvalue weighted by atomic mass is 32.2. The summed E-state index contributed by atoms with van der Waals surface area (Å²) < 4.78 is 32.5. The second-order valence-electron chi connectivity index (χ2n) is 5.46. The molecule has 0 radical (unpaired) electrons. The standard InChI is InChI=1S/C15H20N4O4S/c1-11-9-14(17-23-11)16-15(20)13(18-24(21,22)19(2)3)10-12-7-5-4-6-8-12/h4-9,13,18H,10H2,1-3H3,(H,16,17,20)/t13-/m0/s1. The van der Waals surface area contributed by atoms with E-state index >= 15 is 0 Å². The second-order valence-corrected chi connectivity index (χ2v) is 7.38. The van der Waals surface area contributed by atoms with Gasteiger partial charge in [0.25, 0.3) is 10.2 Å².